The first-order valence-electron chi connectivity index (χ1n) is 7.51. The topological polar surface area (TPSA) is 54.9 Å². The number of carbonyl (C=O) groups excluding carboxylic acids is 1. The van der Waals surface area contributed by atoms with Gasteiger partial charge in [-0.1, -0.05) is 41.1 Å². The molecule has 0 aliphatic heterocycles. The zero-order valence-electron chi connectivity index (χ0n) is 13.9. The molecule has 0 aliphatic rings. The van der Waals surface area contributed by atoms with E-state index in [1.165, 1.54) is 9.77 Å². The Balaban J connectivity index is 0.000000236. The van der Waals surface area contributed by atoms with Crippen LogP contribution in [-0.4, -0.2) is 23.3 Å². The quantitative estimate of drug-likeness (QED) is 0.470. The van der Waals surface area contributed by atoms with Crippen LogP contribution in [0.15, 0.2) is 52.9 Å². The fraction of sp³-hybridized carbons (Fsp3) is 0.167. The molecule has 0 amide bonds. The maximum Gasteiger partial charge on any atom is 0.183 e. The van der Waals surface area contributed by atoms with Crippen LogP contribution in [0.1, 0.15) is 21.7 Å². The van der Waals surface area contributed by atoms with Crippen LogP contribution in [0.2, 0.25) is 5.02 Å². The maximum atomic E-state index is 9.94. The third kappa shape index (κ3) is 6.49. The summed E-state index contributed by atoms with van der Waals surface area (Å²) in [5, 5.41) is 4.83. The number of anilines is 1. The van der Waals surface area contributed by atoms with Crippen molar-refractivity contribution in [2.45, 2.75) is 16.9 Å². The summed E-state index contributed by atoms with van der Waals surface area (Å²) in [7, 11) is 1.89. The Morgan fingerprint density at radius 1 is 1.24 bits per heavy atom. The normalized spacial score (nSPS) is 9.88. The minimum absolute atomic E-state index is 0.479. The Hall–Kier alpha value is -1.89. The van der Waals surface area contributed by atoms with E-state index < -0.39 is 0 Å². The molecular formula is C18H18ClN3OS2. The average molecular weight is 392 g/mol. The SMILES string of the molecule is CNc1nc(C)c(SCc2ccc(Cl)cc2)s1.O=Cc1ccccn1. The summed E-state index contributed by atoms with van der Waals surface area (Å²) < 4.78 is 1.27. The van der Waals surface area contributed by atoms with Crippen LogP contribution in [0, 0.1) is 6.92 Å². The number of carbonyl (C=O) groups is 1. The lowest BCUT2D eigenvalue weighted by molar-refractivity contribution is 0.111. The van der Waals surface area contributed by atoms with Gasteiger partial charge in [-0.2, -0.15) is 0 Å². The molecule has 1 N–H and O–H groups in total. The van der Waals surface area contributed by atoms with Crippen LogP contribution < -0.4 is 5.32 Å². The van der Waals surface area contributed by atoms with E-state index in [9.17, 15) is 4.79 Å². The van der Waals surface area contributed by atoms with E-state index in [0.717, 1.165) is 27.9 Å². The molecule has 0 fully saturated rings. The van der Waals surface area contributed by atoms with E-state index in [-0.39, 0.29) is 0 Å². The summed E-state index contributed by atoms with van der Waals surface area (Å²) in [6, 6.07) is 13.2. The first-order valence-corrected chi connectivity index (χ1v) is 9.69. The second-order valence-electron chi connectivity index (χ2n) is 4.93. The number of thioether (sulfide) groups is 1. The molecule has 4 nitrogen and oxygen atoms in total. The van der Waals surface area contributed by atoms with E-state index in [1.807, 2.05) is 37.9 Å². The smallest absolute Gasteiger partial charge is 0.183 e. The van der Waals surface area contributed by atoms with Crippen molar-refractivity contribution >= 4 is 46.1 Å². The summed E-state index contributed by atoms with van der Waals surface area (Å²) in [5.74, 6) is 0.948. The van der Waals surface area contributed by atoms with Gasteiger partial charge in [0.15, 0.2) is 11.4 Å². The number of rotatable bonds is 5. The molecular weight excluding hydrogens is 374 g/mol. The summed E-state index contributed by atoms with van der Waals surface area (Å²) in [6.07, 6.45) is 2.31. The van der Waals surface area contributed by atoms with Crippen LogP contribution in [0.25, 0.3) is 0 Å². The van der Waals surface area contributed by atoms with E-state index >= 15 is 0 Å². The van der Waals surface area contributed by atoms with Crippen molar-refractivity contribution in [1.29, 1.82) is 0 Å². The Bertz CT molecular complexity index is 792. The van der Waals surface area contributed by atoms with Crippen LogP contribution in [0.5, 0.6) is 0 Å². The van der Waals surface area contributed by atoms with Gasteiger partial charge in [-0.3, -0.25) is 9.78 Å². The number of benzene rings is 1. The Labute approximate surface area is 160 Å². The molecule has 0 radical (unpaired) electrons. The van der Waals surface area contributed by atoms with E-state index in [2.05, 4.69) is 27.4 Å². The zero-order valence-corrected chi connectivity index (χ0v) is 16.3. The highest BCUT2D eigenvalue weighted by molar-refractivity contribution is 8.00. The fourth-order valence-corrected chi connectivity index (χ4v) is 3.97. The minimum Gasteiger partial charge on any atom is -0.365 e. The molecule has 0 atom stereocenters. The minimum atomic E-state index is 0.479. The number of aromatic nitrogens is 2. The molecule has 3 rings (SSSR count). The lowest BCUT2D eigenvalue weighted by atomic mass is 10.2. The van der Waals surface area contributed by atoms with Crippen LogP contribution >= 0.6 is 34.7 Å². The van der Waals surface area contributed by atoms with E-state index in [0.29, 0.717) is 5.69 Å². The molecule has 1 aromatic carbocycles. The molecule has 0 saturated heterocycles. The predicted octanol–water partition coefficient (Wildman–Crippen LogP) is 5.33. The highest BCUT2D eigenvalue weighted by atomic mass is 35.5. The molecule has 0 spiro atoms. The van der Waals surface area contributed by atoms with Crippen molar-refractivity contribution in [3.05, 3.63) is 70.6 Å². The van der Waals surface area contributed by atoms with Crippen molar-refractivity contribution in [2.75, 3.05) is 12.4 Å². The van der Waals surface area contributed by atoms with Crippen molar-refractivity contribution in [3.8, 4) is 0 Å². The van der Waals surface area contributed by atoms with E-state index in [4.69, 9.17) is 11.6 Å². The Kier molecular flexibility index (Phi) is 7.91. The molecule has 2 aromatic heterocycles. The molecule has 25 heavy (non-hydrogen) atoms. The van der Waals surface area contributed by atoms with Crippen LogP contribution in [0.3, 0.4) is 0 Å². The molecule has 2 heterocycles. The highest BCUT2D eigenvalue weighted by Crippen LogP contribution is 2.33. The molecule has 130 valence electrons. The monoisotopic (exact) mass is 391 g/mol. The first kappa shape index (κ1) is 19.4. The number of aryl methyl sites for hydroxylation is 1. The molecule has 3 aromatic rings. The van der Waals surface area contributed by atoms with Crippen LogP contribution in [0.4, 0.5) is 5.13 Å². The lowest BCUT2D eigenvalue weighted by Crippen LogP contribution is -1.84. The fourth-order valence-electron chi connectivity index (χ4n) is 1.80. The molecule has 7 heteroatoms. The van der Waals surface area contributed by atoms with Gasteiger partial charge in [0.2, 0.25) is 0 Å². The highest BCUT2D eigenvalue weighted by Gasteiger charge is 2.07. The summed E-state index contributed by atoms with van der Waals surface area (Å²) in [6.45, 7) is 2.04. The maximum absolute atomic E-state index is 9.94. The lowest BCUT2D eigenvalue weighted by Gasteiger charge is -2.00. The van der Waals surface area contributed by atoms with Gasteiger partial charge in [-0.25, -0.2) is 4.98 Å². The third-order valence-corrected chi connectivity index (χ3v) is 5.92. The average Bonchev–Trinajstić information content (AvgIpc) is 3.02. The molecule has 0 aliphatic carbocycles. The summed E-state index contributed by atoms with van der Waals surface area (Å²) >= 11 is 9.36. The first-order chi connectivity index (χ1) is 12.1. The van der Waals surface area contributed by atoms with Gasteiger partial charge in [0.25, 0.3) is 0 Å². The summed E-state index contributed by atoms with van der Waals surface area (Å²) in [4.78, 5) is 18.1. The number of thiazole rings is 1. The van der Waals surface area contributed by atoms with Gasteiger partial charge >= 0.3 is 0 Å². The molecule has 0 bridgehead atoms. The van der Waals surface area contributed by atoms with Gasteiger partial charge in [-0.05, 0) is 36.8 Å². The second-order valence-corrected chi connectivity index (χ2v) is 7.61. The van der Waals surface area contributed by atoms with Crippen molar-refractivity contribution < 1.29 is 4.79 Å². The third-order valence-electron chi connectivity index (χ3n) is 3.06. The summed E-state index contributed by atoms with van der Waals surface area (Å²) in [5.41, 5.74) is 2.85. The second kappa shape index (κ2) is 10.2. The van der Waals surface area contributed by atoms with Gasteiger partial charge in [0, 0.05) is 24.0 Å². The standard InChI is InChI=1S/C12H13ClN2S2.C6H5NO/c1-8-11(17-12(14-2)15-8)16-7-9-3-5-10(13)6-4-9;8-5-6-3-1-2-4-7-6/h3-6H,7H2,1-2H3,(H,14,15);1-5H. The van der Waals surface area contributed by atoms with Gasteiger partial charge in [0.1, 0.15) is 5.69 Å². The number of nitrogens with zero attached hydrogens (tertiary/aromatic N) is 2. The molecule has 0 saturated carbocycles. The van der Waals surface area contributed by atoms with Gasteiger partial charge in [0.05, 0.1) is 9.90 Å². The van der Waals surface area contributed by atoms with Crippen LogP contribution in [-0.2, 0) is 5.75 Å². The van der Waals surface area contributed by atoms with Gasteiger partial charge < -0.3 is 5.32 Å². The number of aldehydes is 1. The van der Waals surface area contributed by atoms with Gasteiger partial charge in [-0.15, -0.1) is 11.8 Å². The Morgan fingerprint density at radius 2 is 2.00 bits per heavy atom. The van der Waals surface area contributed by atoms with Crippen molar-refractivity contribution in [2.24, 2.45) is 0 Å². The number of nitrogens with one attached hydrogen (secondary N) is 1. The Morgan fingerprint density at radius 3 is 2.52 bits per heavy atom. The molecule has 0 unspecified atom stereocenters. The van der Waals surface area contributed by atoms with Crippen molar-refractivity contribution in [3.63, 3.8) is 0 Å². The van der Waals surface area contributed by atoms with E-state index in [1.54, 1.807) is 35.7 Å². The van der Waals surface area contributed by atoms with Crippen molar-refractivity contribution in [1.82, 2.24) is 9.97 Å². The number of hydrogen-bond acceptors (Lipinski definition) is 6. The zero-order chi connectivity index (χ0) is 18.1. The largest absolute Gasteiger partial charge is 0.365 e. The number of pyridine rings is 1. The predicted molar refractivity (Wildman–Crippen MR) is 107 cm³/mol. The number of hydrogen-bond donors (Lipinski definition) is 1. The number of halogens is 1.